The van der Waals surface area contributed by atoms with E-state index in [1.807, 2.05) is 26.8 Å². The fourth-order valence-electron chi connectivity index (χ4n) is 2.84. The van der Waals surface area contributed by atoms with E-state index in [-0.39, 0.29) is 11.9 Å². The van der Waals surface area contributed by atoms with Crippen molar-refractivity contribution in [2.45, 2.75) is 66.0 Å². The number of nitrogens with one attached hydrogen (secondary N) is 1. The summed E-state index contributed by atoms with van der Waals surface area (Å²) in [7, 11) is 0. The zero-order chi connectivity index (χ0) is 16.4. The highest BCUT2D eigenvalue weighted by atomic mass is 16.4. The minimum Gasteiger partial charge on any atom is -0.480 e. The minimum absolute atomic E-state index is 0.257. The summed E-state index contributed by atoms with van der Waals surface area (Å²) in [5.41, 5.74) is 1.18. The molecule has 2 N–H and O–H groups in total. The molecule has 5 heteroatoms. The van der Waals surface area contributed by atoms with Crippen LogP contribution in [0.25, 0.3) is 0 Å². The zero-order valence-corrected chi connectivity index (χ0v) is 13.8. The zero-order valence-electron chi connectivity index (χ0n) is 13.8. The number of rotatable bonds is 6. The Morgan fingerprint density at radius 2 is 1.95 bits per heavy atom. The van der Waals surface area contributed by atoms with Crippen molar-refractivity contribution in [1.82, 2.24) is 9.88 Å². The van der Waals surface area contributed by atoms with Gasteiger partial charge < -0.3 is 15.0 Å². The van der Waals surface area contributed by atoms with Crippen molar-refractivity contribution in [3.63, 3.8) is 0 Å². The van der Waals surface area contributed by atoms with Crippen molar-refractivity contribution in [2.24, 2.45) is 0 Å². The standard InChI is InChI=1S/C16H26N2O3/c1-7-8-16(6,15(20)21)17-14(19)13-9-11(4)18(10(2)3)12(13)5/h9-10H,7-8H2,1-6H3,(H,17,19)(H,20,21). The van der Waals surface area contributed by atoms with Crippen LogP contribution in [-0.2, 0) is 4.79 Å². The number of aliphatic carboxylic acids is 1. The number of nitrogens with zero attached hydrogens (tertiary/aromatic N) is 1. The number of carboxylic acids is 1. The summed E-state index contributed by atoms with van der Waals surface area (Å²) in [6.45, 7) is 11.4. The molecule has 0 saturated heterocycles. The van der Waals surface area contributed by atoms with E-state index >= 15 is 0 Å². The van der Waals surface area contributed by atoms with Gasteiger partial charge in [-0.05, 0) is 47.1 Å². The molecular formula is C16H26N2O3. The van der Waals surface area contributed by atoms with Crippen LogP contribution >= 0.6 is 0 Å². The molecule has 5 nitrogen and oxygen atoms in total. The number of hydrogen-bond acceptors (Lipinski definition) is 2. The summed E-state index contributed by atoms with van der Waals surface area (Å²) in [5, 5.41) is 12.0. The molecule has 0 spiro atoms. The topological polar surface area (TPSA) is 71.3 Å². The van der Waals surface area contributed by atoms with Gasteiger partial charge in [0.05, 0.1) is 5.56 Å². The molecular weight excluding hydrogens is 268 g/mol. The van der Waals surface area contributed by atoms with E-state index in [1.54, 1.807) is 6.92 Å². The van der Waals surface area contributed by atoms with Crippen molar-refractivity contribution >= 4 is 11.9 Å². The molecule has 118 valence electrons. The van der Waals surface area contributed by atoms with Crippen LogP contribution in [0.5, 0.6) is 0 Å². The summed E-state index contributed by atoms with van der Waals surface area (Å²) < 4.78 is 2.08. The number of carbonyl (C=O) groups excluding carboxylic acids is 1. The highest BCUT2D eigenvalue weighted by Gasteiger charge is 2.34. The Balaban J connectivity index is 3.10. The number of hydrogen-bond donors (Lipinski definition) is 2. The number of aryl methyl sites for hydroxylation is 1. The van der Waals surface area contributed by atoms with Gasteiger partial charge in [-0.3, -0.25) is 4.79 Å². The lowest BCUT2D eigenvalue weighted by molar-refractivity contribution is -0.144. The lowest BCUT2D eigenvalue weighted by Crippen LogP contribution is -2.52. The first-order valence-corrected chi connectivity index (χ1v) is 7.38. The summed E-state index contributed by atoms with van der Waals surface area (Å²) in [6, 6.07) is 2.08. The molecule has 0 aromatic carbocycles. The second kappa shape index (κ2) is 6.33. The molecule has 0 aliphatic heterocycles. The van der Waals surface area contributed by atoms with Crippen LogP contribution in [0.2, 0.25) is 0 Å². The highest BCUT2D eigenvalue weighted by molar-refractivity contribution is 5.98. The third-order valence-electron chi connectivity index (χ3n) is 3.86. The maximum absolute atomic E-state index is 12.5. The molecule has 1 amide bonds. The van der Waals surface area contributed by atoms with Crippen LogP contribution in [0.15, 0.2) is 6.07 Å². The van der Waals surface area contributed by atoms with Crippen molar-refractivity contribution in [1.29, 1.82) is 0 Å². The first-order valence-electron chi connectivity index (χ1n) is 7.38. The predicted octanol–water partition coefficient (Wildman–Crippen LogP) is 3.06. The van der Waals surface area contributed by atoms with E-state index in [0.717, 1.165) is 11.4 Å². The Kier molecular flexibility index (Phi) is 5.20. The molecule has 0 aliphatic carbocycles. The van der Waals surface area contributed by atoms with Crippen LogP contribution in [0, 0.1) is 13.8 Å². The number of carboxylic acid groups (broad SMARTS) is 1. The van der Waals surface area contributed by atoms with E-state index < -0.39 is 11.5 Å². The Morgan fingerprint density at radius 1 is 1.38 bits per heavy atom. The molecule has 0 saturated carbocycles. The fraction of sp³-hybridized carbons (Fsp3) is 0.625. The van der Waals surface area contributed by atoms with Crippen molar-refractivity contribution in [2.75, 3.05) is 0 Å². The molecule has 0 fully saturated rings. The smallest absolute Gasteiger partial charge is 0.329 e. The van der Waals surface area contributed by atoms with Gasteiger partial charge in [0, 0.05) is 17.4 Å². The average Bonchev–Trinajstić information content (AvgIpc) is 2.64. The Bertz CT molecular complexity index is 546. The number of aromatic nitrogens is 1. The summed E-state index contributed by atoms with van der Waals surface area (Å²) in [5.74, 6) is -1.33. The van der Waals surface area contributed by atoms with Crippen molar-refractivity contribution in [3.8, 4) is 0 Å². The summed E-state index contributed by atoms with van der Waals surface area (Å²) >= 11 is 0. The quantitative estimate of drug-likeness (QED) is 0.847. The van der Waals surface area contributed by atoms with Crippen molar-refractivity contribution in [3.05, 3.63) is 23.0 Å². The normalized spacial score (nSPS) is 14.0. The van der Waals surface area contributed by atoms with E-state index in [0.29, 0.717) is 18.4 Å². The Labute approximate surface area is 126 Å². The van der Waals surface area contributed by atoms with Gasteiger partial charge in [-0.25, -0.2) is 4.79 Å². The van der Waals surface area contributed by atoms with E-state index in [9.17, 15) is 14.7 Å². The van der Waals surface area contributed by atoms with Crippen molar-refractivity contribution < 1.29 is 14.7 Å². The molecule has 0 aliphatic rings. The van der Waals surface area contributed by atoms with Gasteiger partial charge in [-0.1, -0.05) is 13.3 Å². The van der Waals surface area contributed by atoms with Crippen LogP contribution in [0.3, 0.4) is 0 Å². The van der Waals surface area contributed by atoms with Crippen LogP contribution in [0.4, 0.5) is 0 Å². The fourth-order valence-corrected chi connectivity index (χ4v) is 2.84. The minimum atomic E-state index is -1.23. The van der Waals surface area contributed by atoms with E-state index in [1.165, 1.54) is 0 Å². The summed E-state index contributed by atoms with van der Waals surface area (Å²) in [6.07, 6.45) is 1.09. The molecule has 1 unspecified atom stereocenters. The van der Waals surface area contributed by atoms with Gasteiger partial charge in [-0.2, -0.15) is 0 Å². The first-order chi connectivity index (χ1) is 9.64. The second-order valence-electron chi connectivity index (χ2n) is 6.09. The average molecular weight is 294 g/mol. The monoisotopic (exact) mass is 294 g/mol. The summed E-state index contributed by atoms with van der Waals surface area (Å²) in [4.78, 5) is 23.9. The lowest BCUT2D eigenvalue weighted by atomic mass is 9.96. The first kappa shape index (κ1) is 17.3. The SMILES string of the molecule is CCCC(C)(NC(=O)c1cc(C)n(C(C)C)c1C)C(=O)O. The molecule has 0 bridgehead atoms. The molecule has 1 aromatic rings. The maximum atomic E-state index is 12.5. The molecule has 0 radical (unpaired) electrons. The predicted molar refractivity (Wildman–Crippen MR) is 82.7 cm³/mol. The van der Waals surface area contributed by atoms with Gasteiger partial charge in [0.1, 0.15) is 5.54 Å². The van der Waals surface area contributed by atoms with E-state index in [2.05, 4.69) is 23.7 Å². The van der Waals surface area contributed by atoms with Crippen LogP contribution in [-0.4, -0.2) is 27.1 Å². The molecule has 1 aromatic heterocycles. The van der Waals surface area contributed by atoms with Gasteiger partial charge in [0.25, 0.3) is 5.91 Å². The van der Waals surface area contributed by atoms with Gasteiger partial charge in [-0.15, -0.1) is 0 Å². The second-order valence-corrected chi connectivity index (χ2v) is 6.09. The van der Waals surface area contributed by atoms with Crippen LogP contribution in [0.1, 0.15) is 68.3 Å². The largest absolute Gasteiger partial charge is 0.480 e. The van der Waals surface area contributed by atoms with Gasteiger partial charge in [0.15, 0.2) is 0 Å². The highest BCUT2D eigenvalue weighted by Crippen LogP contribution is 2.21. The molecule has 21 heavy (non-hydrogen) atoms. The third-order valence-corrected chi connectivity index (χ3v) is 3.86. The maximum Gasteiger partial charge on any atom is 0.329 e. The number of amides is 1. The van der Waals surface area contributed by atoms with E-state index in [4.69, 9.17) is 0 Å². The number of carbonyl (C=O) groups is 2. The Hall–Kier alpha value is -1.78. The van der Waals surface area contributed by atoms with Gasteiger partial charge in [0.2, 0.25) is 0 Å². The van der Waals surface area contributed by atoms with Gasteiger partial charge >= 0.3 is 5.97 Å². The third kappa shape index (κ3) is 3.46. The lowest BCUT2D eigenvalue weighted by Gasteiger charge is -2.25. The van der Waals surface area contributed by atoms with Crippen LogP contribution < -0.4 is 5.32 Å². The molecule has 1 heterocycles. The Morgan fingerprint density at radius 3 is 2.33 bits per heavy atom. The molecule has 1 rings (SSSR count). The molecule has 1 atom stereocenters.